The van der Waals surface area contributed by atoms with Crippen molar-refractivity contribution in [2.24, 2.45) is 0 Å². The van der Waals surface area contributed by atoms with Gasteiger partial charge in [0, 0.05) is 13.1 Å². The van der Waals surface area contributed by atoms with Crippen molar-refractivity contribution < 1.29 is 0 Å². The number of nitrogen functional groups attached to an aromatic ring is 1. The third kappa shape index (κ3) is 1.18. The van der Waals surface area contributed by atoms with Gasteiger partial charge in [0.05, 0.1) is 12.2 Å². The molecule has 1 saturated heterocycles. The van der Waals surface area contributed by atoms with E-state index in [1.54, 1.807) is 6.20 Å². The molecule has 1 unspecified atom stereocenters. The summed E-state index contributed by atoms with van der Waals surface area (Å²) >= 11 is 0. The predicted octanol–water partition coefficient (Wildman–Crippen LogP) is 0.342. The molecule has 2 rings (SSSR count). The zero-order valence-electron chi connectivity index (χ0n) is 7.27. The van der Waals surface area contributed by atoms with Crippen LogP contribution >= 0.6 is 0 Å². The van der Waals surface area contributed by atoms with Gasteiger partial charge in [-0.3, -0.25) is 0 Å². The Balaban J connectivity index is 2.16. The van der Waals surface area contributed by atoms with E-state index in [-0.39, 0.29) is 0 Å². The summed E-state index contributed by atoms with van der Waals surface area (Å²) in [5.41, 5.74) is 5.75. The van der Waals surface area contributed by atoms with E-state index in [2.05, 4.69) is 17.0 Å². The molecule has 4 heteroatoms. The fourth-order valence-electron chi connectivity index (χ4n) is 1.74. The lowest BCUT2D eigenvalue weighted by Crippen LogP contribution is -2.18. The molecule has 0 spiro atoms. The van der Waals surface area contributed by atoms with E-state index in [9.17, 15) is 0 Å². The average Bonchev–Trinajstić information content (AvgIpc) is 2.58. The van der Waals surface area contributed by atoms with Gasteiger partial charge in [0.2, 0.25) is 0 Å². The van der Waals surface area contributed by atoms with E-state index in [1.165, 1.54) is 0 Å². The number of anilines is 1. The molecule has 1 aliphatic rings. The van der Waals surface area contributed by atoms with Crippen molar-refractivity contribution in [3.63, 3.8) is 0 Å². The molecule has 0 bridgehead atoms. The molecular weight excluding hydrogens is 152 g/mol. The van der Waals surface area contributed by atoms with Gasteiger partial charge in [-0.05, 0) is 19.5 Å². The van der Waals surface area contributed by atoms with Crippen LogP contribution in [0, 0.1) is 0 Å². The number of nitrogens with zero attached hydrogens (tertiary/aromatic N) is 3. The summed E-state index contributed by atoms with van der Waals surface area (Å²) in [6, 6.07) is 2.32. The maximum Gasteiger partial charge on any atom is 0.122 e. The molecule has 12 heavy (non-hydrogen) atoms. The SMILES string of the molecule is CN1CCC(n2nccc2N)C1. The van der Waals surface area contributed by atoms with Gasteiger partial charge in [0.25, 0.3) is 0 Å². The van der Waals surface area contributed by atoms with Crippen molar-refractivity contribution in [1.29, 1.82) is 0 Å². The minimum atomic E-state index is 0.477. The first kappa shape index (κ1) is 7.61. The Morgan fingerprint density at radius 1 is 1.67 bits per heavy atom. The first-order chi connectivity index (χ1) is 5.77. The predicted molar refractivity (Wildman–Crippen MR) is 47.8 cm³/mol. The van der Waals surface area contributed by atoms with Crippen molar-refractivity contribution in [1.82, 2.24) is 14.7 Å². The molecule has 0 aliphatic carbocycles. The van der Waals surface area contributed by atoms with Crippen LogP contribution < -0.4 is 5.73 Å². The fraction of sp³-hybridized carbons (Fsp3) is 0.625. The van der Waals surface area contributed by atoms with Crippen LogP contribution in [0.4, 0.5) is 5.82 Å². The number of likely N-dealkylation sites (tertiary alicyclic amines) is 1. The summed E-state index contributed by atoms with van der Waals surface area (Å²) in [5, 5.41) is 4.20. The van der Waals surface area contributed by atoms with E-state index in [4.69, 9.17) is 5.73 Å². The Morgan fingerprint density at radius 2 is 2.50 bits per heavy atom. The van der Waals surface area contributed by atoms with Crippen LogP contribution in [0.5, 0.6) is 0 Å². The van der Waals surface area contributed by atoms with Crippen LogP contribution in [0.2, 0.25) is 0 Å². The Labute approximate surface area is 72.0 Å². The van der Waals surface area contributed by atoms with E-state index in [0.717, 1.165) is 25.3 Å². The topological polar surface area (TPSA) is 47.1 Å². The van der Waals surface area contributed by atoms with Gasteiger partial charge in [-0.15, -0.1) is 0 Å². The quantitative estimate of drug-likeness (QED) is 0.654. The number of hydrogen-bond acceptors (Lipinski definition) is 3. The van der Waals surface area contributed by atoms with Crippen LogP contribution in [0.25, 0.3) is 0 Å². The van der Waals surface area contributed by atoms with Crippen LogP contribution in [-0.4, -0.2) is 34.8 Å². The molecule has 1 atom stereocenters. The van der Waals surface area contributed by atoms with E-state index >= 15 is 0 Å². The maximum atomic E-state index is 5.75. The molecule has 1 aliphatic heterocycles. The molecule has 0 radical (unpaired) electrons. The van der Waals surface area contributed by atoms with Crippen LogP contribution in [0.1, 0.15) is 12.5 Å². The van der Waals surface area contributed by atoms with Gasteiger partial charge >= 0.3 is 0 Å². The molecule has 0 amide bonds. The molecular formula is C8H14N4. The molecule has 66 valence electrons. The molecule has 2 heterocycles. The average molecular weight is 166 g/mol. The standard InChI is InChI=1S/C8H14N4/c1-11-5-3-7(6-11)12-8(9)2-4-10-12/h2,4,7H,3,5-6,9H2,1H3. The molecule has 1 aromatic rings. The second kappa shape index (κ2) is 2.79. The maximum absolute atomic E-state index is 5.75. The minimum Gasteiger partial charge on any atom is -0.384 e. The van der Waals surface area contributed by atoms with Crippen molar-refractivity contribution in [3.05, 3.63) is 12.3 Å². The summed E-state index contributed by atoms with van der Waals surface area (Å²) in [6.07, 6.45) is 2.91. The molecule has 2 N–H and O–H groups in total. The molecule has 1 fully saturated rings. The van der Waals surface area contributed by atoms with E-state index in [0.29, 0.717) is 6.04 Å². The monoisotopic (exact) mass is 166 g/mol. The van der Waals surface area contributed by atoms with Gasteiger partial charge in [0.15, 0.2) is 0 Å². The molecule has 1 aromatic heterocycles. The zero-order valence-corrected chi connectivity index (χ0v) is 7.27. The Kier molecular flexibility index (Phi) is 1.77. The summed E-state index contributed by atoms with van der Waals surface area (Å²) in [7, 11) is 2.12. The highest BCUT2D eigenvalue weighted by Crippen LogP contribution is 2.21. The van der Waals surface area contributed by atoms with Gasteiger partial charge in [-0.2, -0.15) is 5.10 Å². The van der Waals surface area contributed by atoms with Crippen molar-refractivity contribution in [3.8, 4) is 0 Å². The second-order valence-corrected chi connectivity index (χ2v) is 3.41. The third-order valence-electron chi connectivity index (χ3n) is 2.41. The smallest absolute Gasteiger partial charge is 0.122 e. The number of hydrogen-bond donors (Lipinski definition) is 1. The van der Waals surface area contributed by atoms with Gasteiger partial charge in [-0.25, -0.2) is 4.68 Å². The lowest BCUT2D eigenvalue weighted by molar-refractivity contribution is 0.384. The van der Waals surface area contributed by atoms with Gasteiger partial charge in [-0.1, -0.05) is 0 Å². The first-order valence-corrected chi connectivity index (χ1v) is 4.25. The summed E-state index contributed by atoms with van der Waals surface area (Å²) < 4.78 is 1.92. The Bertz CT molecular complexity index is 268. The van der Waals surface area contributed by atoms with Gasteiger partial charge < -0.3 is 10.6 Å². The minimum absolute atomic E-state index is 0.477. The molecule has 4 nitrogen and oxygen atoms in total. The second-order valence-electron chi connectivity index (χ2n) is 3.41. The highest BCUT2D eigenvalue weighted by atomic mass is 15.3. The largest absolute Gasteiger partial charge is 0.384 e. The number of aromatic nitrogens is 2. The number of nitrogens with two attached hydrogens (primary N) is 1. The lowest BCUT2D eigenvalue weighted by atomic mass is 10.3. The summed E-state index contributed by atoms with van der Waals surface area (Å²) in [5.74, 6) is 0.773. The number of rotatable bonds is 1. The first-order valence-electron chi connectivity index (χ1n) is 4.25. The van der Waals surface area contributed by atoms with Crippen LogP contribution in [-0.2, 0) is 0 Å². The van der Waals surface area contributed by atoms with E-state index in [1.807, 2.05) is 10.7 Å². The van der Waals surface area contributed by atoms with Gasteiger partial charge in [0.1, 0.15) is 5.82 Å². The van der Waals surface area contributed by atoms with E-state index < -0.39 is 0 Å². The highest BCUT2D eigenvalue weighted by molar-refractivity contribution is 5.26. The molecule has 0 saturated carbocycles. The highest BCUT2D eigenvalue weighted by Gasteiger charge is 2.22. The number of likely N-dealkylation sites (N-methyl/N-ethyl adjacent to an activating group) is 1. The van der Waals surface area contributed by atoms with Crippen molar-refractivity contribution >= 4 is 5.82 Å². The third-order valence-corrected chi connectivity index (χ3v) is 2.41. The normalized spacial score (nSPS) is 24.9. The summed E-state index contributed by atoms with van der Waals surface area (Å²) in [6.45, 7) is 2.20. The Hall–Kier alpha value is -1.03. The molecule has 0 aromatic carbocycles. The van der Waals surface area contributed by atoms with Crippen LogP contribution in [0.3, 0.4) is 0 Å². The summed E-state index contributed by atoms with van der Waals surface area (Å²) in [4.78, 5) is 2.30. The van der Waals surface area contributed by atoms with Crippen molar-refractivity contribution in [2.75, 3.05) is 25.9 Å². The Morgan fingerprint density at radius 3 is 3.00 bits per heavy atom. The van der Waals surface area contributed by atoms with Crippen molar-refractivity contribution in [2.45, 2.75) is 12.5 Å². The fourth-order valence-corrected chi connectivity index (χ4v) is 1.74. The van der Waals surface area contributed by atoms with Crippen LogP contribution in [0.15, 0.2) is 12.3 Å². The lowest BCUT2D eigenvalue weighted by Gasteiger charge is -2.12. The zero-order chi connectivity index (χ0) is 8.55.